The van der Waals surface area contributed by atoms with Crippen LogP contribution in [0.4, 0.5) is 15.8 Å². The van der Waals surface area contributed by atoms with Gasteiger partial charge in [-0.3, -0.25) is 4.79 Å². The molecular formula is C22H23FN4O2. The van der Waals surface area contributed by atoms with Crippen LogP contribution in [0.25, 0.3) is 5.65 Å². The van der Waals surface area contributed by atoms with Crippen molar-refractivity contribution in [1.82, 2.24) is 9.38 Å². The van der Waals surface area contributed by atoms with Gasteiger partial charge in [-0.2, -0.15) is 0 Å². The second-order valence-electron chi connectivity index (χ2n) is 8.01. The van der Waals surface area contributed by atoms with E-state index in [1.807, 2.05) is 19.2 Å². The standard InChI is InChI=1S/C22H23FN4O2/c1-13-10-26-12-17(20(29-2)9-21(26)24-13)22(28)25-19-6-5-16(8-18(19)23)27-11-14-3-4-15(27)7-14/h5-6,8-10,12,14-15H,3-4,7,11H2,1-2H3,(H,25,28). The molecule has 1 amide bonds. The number of nitrogens with zero attached hydrogens (tertiary/aromatic N) is 3. The normalized spacial score (nSPS) is 20.4. The summed E-state index contributed by atoms with van der Waals surface area (Å²) in [6.07, 6.45) is 7.14. The van der Waals surface area contributed by atoms with Gasteiger partial charge >= 0.3 is 0 Å². The van der Waals surface area contributed by atoms with Gasteiger partial charge in [0.25, 0.3) is 5.91 Å². The monoisotopic (exact) mass is 394 g/mol. The number of ether oxygens (including phenoxy) is 1. The van der Waals surface area contributed by atoms with Gasteiger partial charge in [-0.25, -0.2) is 9.37 Å². The van der Waals surface area contributed by atoms with E-state index in [-0.39, 0.29) is 5.69 Å². The molecule has 3 aromatic rings. The van der Waals surface area contributed by atoms with E-state index in [4.69, 9.17) is 4.74 Å². The first-order valence-electron chi connectivity index (χ1n) is 9.92. The lowest BCUT2D eigenvalue weighted by molar-refractivity contribution is 0.102. The summed E-state index contributed by atoms with van der Waals surface area (Å²) in [5, 5.41) is 2.68. The summed E-state index contributed by atoms with van der Waals surface area (Å²) >= 11 is 0. The number of carbonyl (C=O) groups excluding carboxylic acids is 1. The fourth-order valence-electron chi connectivity index (χ4n) is 4.70. The number of amides is 1. The first-order valence-corrected chi connectivity index (χ1v) is 9.92. The number of halogens is 1. The first-order chi connectivity index (χ1) is 14.0. The number of hydrogen-bond acceptors (Lipinski definition) is 4. The number of anilines is 2. The number of rotatable bonds is 4. The van der Waals surface area contributed by atoms with Crippen LogP contribution in [0.1, 0.15) is 35.3 Å². The van der Waals surface area contributed by atoms with Crippen molar-refractivity contribution < 1.29 is 13.9 Å². The largest absolute Gasteiger partial charge is 0.496 e. The Bertz CT molecular complexity index is 1110. The molecule has 1 aliphatic heterocycles. The molecule has 2 fully saturated rings. The number of imidazole rings is 1. The molecule has 2 atom stereocenters. The van der Waals surface area contributed by atoms with Crippen LogP contribution in [0.2, 0.25) is 0 Å². The summed E-state index contributed by atoms with van der Waals surface area (Å²) < 4.78 is 21.9. The summed E-state index contributed by atoms with van der Waals surface area (Å²) in [6.45, 7) is 2.87. The molecular weight excluding hydrogens is 371 g/mol. The van der Waals surface area contributed by atoms with Crippen molar-refractivity contribution >= 4 is 22.9 Å². The second-order valence-corrected chi connectivity index (χ2v) is 8.01. The number of aryl methyl sites for hydroxylation is 1. The fourth-order valence-corrected chi connectivity index (χ4v) is 4.70. The third-order valence-electron chi connectivity index (χ3n) is 6.08. The highest BCUT2D eigenvalue weighted by Crippen LogP contribution is 2.40. The van der Waals surface area contributed by atoms with Gasteiger partial charge in [0, 0.05) is 36.7 Å². The number of fused-ring (bicyclic) bond motifs is 3. The zero-order valence-corrected chi connectivity index (χ0v) is 16.5. The van der Waals surface area contributed by atoms with E-state index < -0.39 is 11.7 Å². The number of methoxy groups -OCH3 is 1. The number of carbonyl (C=O) groups is 1. The molecule has 3 heterocycles. The smallest absolute Gasteiger partial charge is 0.261 e. The molecule has 0 spiro atoms. The van der Waals surface area contributed by atoms with Crippen molar-refractivity contribution in [3.05, 3.63) is 53.7 Å². The molecule has 7 heteroatoms. The molecule has 0 radical (unpaired) electrons. The zero-order valence-electron chi connectivity index (χ0n) is 16.5. The Balaban J connectivity index is 1.40. The predicted octanol–water partition coefficient (Wildman–Crippen LogP) is 4.03. The molecule has 6 nitrogen and oxygen atoms in total. The van der Waals surface area contributed by atoms with E-state index >= 15 is 0 Å². The highest BCUT2D eigenvalue weighted by molar-refractivity contribution is 6.06. The lowest BCUT2D eigenvalue weighted by Gasteiger charge is -2.29. The molecule has 1 N–H and O–H groups in total. The van der Waals surface area contributed by atoms with Gasteiger partial charge in [0.15, 0.2) is 0 Å². The Morgan fingerprint density at radius 2 is 2.14 bits per heavy atom. The van der Waals surface area contributed by atoms with Crippen molar-refractivity contribution in [2.45, 2.75) is 32.2 Å². The van der Waals surface area contributed by atoms with Crippen LogP contribution >= 0.6 is 0 Å². The lowest BCUT2D eigenvalue weighted by atomic mass is 10.1. The fraction of sp³-hybridized carbons (Fsp3) is 0.364. The van der Waals surface area contributed by atoms with Gasteiger partial charge in [0.2, 0.25) is 0 Å². The Hall–Kier alpha value is -3.09. The zero-order chi connectivity index (χ0) is 20.1. The quantitative estimate of drug-likeness (QED) is 0.726. The van der Waals surface area contributed by atoms with Gasteiger partial charge in [0.1, 0.15) is 17.2 Å². The molecule has 1 aliphatic carbocycles. The summed E-state index contributed by atoms with van der Waals surface area (Å²) in [4.78, 5) is 19.5. The maximum Gasteiger partial charge on any atom is 0.261 e. The van der Waals surface area contributed by atoms with E-state index in [0.29, 0.717) is 23.0 Å². The lowest BCUT2D eigenvalue weighted by Crippen LogP contribution is -2.31. The number of hydrogen-bond donors (Lipinski definition) is 1. The molecule has 2 unspecified atom stereocenters. The SMILES string of the molecule is COc1cc2nc(C)cn2cc1C(=O)Nc1ccc(N2CC3CCC2C3)cc1F. The second kappa shape index (κ2) is 6.76. The van der Waals surface area contributed by atoms with E-state index in [2.05, 4.69) is 15.2 Å². The average molecular weight is 394 g/mol. The minimum atomic E-state index is -0.433. The van der Waals surface area contributed by atoms with Crippen LogP contribution in [0.3, 0.4) is 0 Å². The van der Waals surface area contributed by atoms with Crippen molar-refractivity contribution in [1.29, 1.82) is 0 Å². The molecule has 2 aliphatic rings. The summed E-state index contributed by atoms with van der Waals surface area (Å²) in [5.74, 6) is 0.265. The Labute approximate surface area is 168 Å². The van der Waals surface area contributed by atoms with Crippen LogP contribution in [0.15, 0.2) is 36.7 Å². The maximum atomic E-state index is 14.8. The van der Waals surface area contributed by atoms with Crippen LogP contribution in [0, 0.1) is 18.7 Å². The van der Waals surface area contributed by atoms with Crippen molar-refractivity contribution in [3.8, 4) is 5.75 Å². The van der Waals surface area contributed by atoms with Gasteiger partial charge in [-0.15, -0.1) is 0 Å². The molecule has 1 saturated carbocycles. The third kappa shape index (κ3) is 3.10. The number of piperidine rings is 1. The van der Waals surface area contributed by atoms with Crippen LogP contribution < -0.4 is 15.0 Å². The van der Waals surface area contributed by atoms with Gasteiger partial charge < -0.3 is 19.4 Å². The first kappa shape index (κ1) is 18.0. The number of benzene rings is 1. The Morgan fingerprint density at radius 1 is 1.28 bits per heavy atom. The topological polar surface area (TPSA) is 58.9 Å². The van der Waals surface area contributed by atoms with E-state index in [1.54, 1.807) is 22.7 Å². The van der Waals surface area contributed by atoms with Crippen molar-refractivity contribution in [2.75, 3.05) is 23.9 Å². The maximum absolute atomic E-state index is 14.8. The molecule has 150 valence electrons. The summed E-state index contributed by atoms with van der Waals surface area (Å²) in [7, 11) is 1.50. The van der Waals surface area contributed by atoms with E-state index in [0.717, 1.165) is 23.8 Å². The molecule has 2 aromatic heterocycles. The van der Waals surface area contributed by atoms with Crippen molar-refractivity contribution in [2.24, 2.45) is 5.92 Å². The highest BCUT2D eigenvalue weighted by Gasteiger charge is 2.37. The summed E-state index contributed by atoms with van der Waals surface area (Å²) in [6, 6.07) is 7.27. The van der Waals surface area contributed by atoms with Gasteiger partial charge in [-0.05, 0) is 50.3 Å². The third-order valence-corrected chi connectivity index (χ3v) is 6.08. The minimum Gasteiger partial charge on any atom is -0.496 e. The predicted molar refractivity (Wildman–Crippen MR) is 109 cm³/mol. The van der Waals surface area contributed by atoms with Crippen LogP contribution in [-0.2, 0) is 0 Å². The Kier molecular flexibility index (Phi) is 4.19. The van der Waals surface area contributed by atoms with Gasteiger partial charge in [-0.1, -0.05) is 0 Å². The van der Waals surface area contributed by atoms with Gasteiger partial charge in [0.05, 0.1) is 24.1 Å². The van der Waals surface area contributed by atoms with Crippen LogP contribution in [0.5, 0.6) is 5.75 Å². The van der Waals surface area contributed by atoms with E-state index in [9.17, 15) is 9.18 Å². The molecule has 5 rings (SSSR count). The molecule has 1 saturated heterocycles. The summed E-state index contributed by atoms with van der Waals surface area (Å²) in [5.41, 5.74) is 2.89. The van der Waals surface area contributed by atoms with E-state index in [1.165, 1.54) is 32.4 Å². The highest BCUT2D eigenvalue weighted by atomic mass is 19.1. The number of nitrogens with one attached hydrogen (secondary N) is 1. The van der Waals surface area contributed by atoms with Crippen molar-refractivity contribution in [3.63, 3.8) is 0 Å². The average Bonchev–Trinajstić information content (AvgIpc) is 3.42. The number of pyridine rings is 1. The number of aromatic nitrogens is 2. The molecule has 29 heavy (non-hydrogen) atoms. The van der Waals surface area contributed by atoms with Crippen LogP contribution in [-0.4, -0.2) is 35.0 Å². The Morgan fingerprint density at radius 3 is 2.83 bits per heavy atom. The molecule has 2 bridgehead atoms. The minimum absolute atomic E-state index is 0.159. The molecule has 1 aromatic carbocycles.